The van der Waals surface area contributed by atoms with Crippen molar-refractivity contribution in [3.63, 3.8) is 0 Å². The summed E-state index contributed by atoms with van der Waals surface area (Å²) in [4.78, 5) is 0.493. The summed E-state index contributed by atoms with van der Waals surface area (Å²) in [7, 11) is 0. The Balaban J connectivity index is 2.81. The van der Waals surface area contributed by atoms with E-state index in [1.807, 2.05) is 19.1 Å². The van der Waals surface area contributed by atoms with Crippen molar-refractivity contribution in [2.75, 3.05) is 0 Å². The summed E-state index contributed by atoms with van der Waals surface area (Å²) >= 11 is 9.94. The third kappa shape index (κ3) is 2.86. The van der Waals surface area contributed by atoms with Crippen molar-refractivity contribution in [2.24, 2.45) is 11.7 Å². The van der Waals surface area contributed by atoms with Crippen molar-refractivity contribution < 1.29 is 0 Å². The third-order valence-corrected chi connectivity index (χ3v) is 2.47. The molecule has 1 aromatic rings. The summed E-state index contributed by atoms with van der Waals surface area (Å²) in [5.41, 5.74) is 5.49. The second-order valence-electron chi connectivity index (χ2n) is 2.85. The van der Waals surface area contributed by atoms with Crippen LogP contribution in [0.4, 0.5) is 0 Å². The fourth-order valence-electron chi connectivity index (χ4n) is 0.874. The SMILES string of the molecule is CC(Cn1ncccc1=S)C(N)=S. The van der Waals surface area contributed by atoms with Gasteiger partial charge in [-0.25, -0.2) is 0 Å². The number of nitrogens with two attached hydrogens (primary N) is 1. The molecule has 1 heterocycles. The van der Waals surface area contributed by atoms with Crippen LogP contribution in [0.1, 0.15) is 6.92 Å². The molecule has 0 radical (unpaired) electrons. The second kappa shape index (κ2) is 4.43. The van der Waals surface area contributed by atoms with Crippen LogP contribution in [0.15, 0.2) is 18.3 Å². The highest BCUT2D eigenvalue weighted by atomic mass is 32.1. The minimum absolute atomic E-state index is 0.122. The molecule has 0 saturated carbocycles. The lowest BCUT2D eigenvalue weighted by Gasteiger charge is -2.10. The summed E-state index contributed by atoms with van der Waals surface area (Å²) in [6.07, 6.45) is 1.70. The van der Waals surface area contributed by atoms with Gasteiger partial charge in [-0.05, 0) is 12.1 Å². The first kappa shape index (κ1) is 10.3. The van der Waals surface area contributed by atoms with Gasteiger partial charge in [0.2, 0.25) is 0 Å². The smallest absolute Gasteiger partial charge is 0.122 e. The largest absolute Gasteiger partial charge is 0.393 e. The van der Waals surface area contributed by atoms with Crippen LogP contribution >= 0.6 is 24.4 Å². The molecule has 0 saturated heterocycles. The van der Waals surface area contributed by atoms with Crippen molar-refractivity contribution in [2.45, 2.75) is 13.5 Å². The van der Waals surface area contributed by atoms with E-state index in [1.165, 1.54) is 0 Å². The zero-order chi connectivity index (χ0) is 9.84. The Labute approximate surface area is 87.6 Å². The topological polar surface area (TPSA) is 43.8 Å². The average molecular weight is 213 g/mol. The highest BCUT2D eigenvalue weighted by Gasteiger charge is 2.05. The molecule has 0 amide bonds. The molecule has 0 aliphatic rings. The summed E-state index contributed by atoms with van der Waals surface area (Å²) in [6.45, 7) is 2.60. The first-order valence-electron chi connectivity index (χ1n) is 3.92. The molecule has 0 spiro atoms. The van der Waals surface area contributed by atoms with Crippen LogP contribution < -0.4 is 5.73 Å². The Morgan fingerprint density at radius 3 is 3.00 bits per heavy atom. The van der Waals surface area contributed by atoms with Gasteiger partial charge in [-0.15, -0.1) is 0 Å². The van der Waals surface area contributed by atoms with Crippen molar-refractivity contribution in [1.29, 1.82) is 0 Å². The molecule has 0 fully saturated rings. The zero-order valence-electron chi connectivity index (χ0n) is 7.30. The van der Waals surface area contributed by atoms with E-state index in [2.05, 4.69) is 5.10 Å². The summed E-state index contributed by atoms with van der Waals surface area (Å²) in [6, 6.07) is 3.64. The third-order valence-electron chi connectivity index (χ3n) is 1.72. The van der Waals surface area contributed by atoms with E-state index in [-0.39, 0.29) is 5.92 Å². The standard InChI is InChI=1S/C8H11N3S2/c1-6(8(9)13)5-11-7(12)3-2-4-10-11/h2-4,6H,5H2,1H3,(H2,9,13). The van der Waals surface area contributed by atoms with Gasteiger partial charge in [0.1, 0.15) is 4.64 Å². The molecule has 1 atom stereocenters. The van der Waals surface area contributed by atoms with Crippen LogP contribution in [0.3, 0.4) is 0 Å². The van der Waals surface area contributed by atoms with Crippen LogP contribution in [-0.2, 0) is 6.54 Å². The molecule has 5 heteroatoms. The van der Waals surface area contributed by atoms with Gasteiger partial charge in [0.05, 0.1) is 11.5 Å². The molecule has 1 unspecified atom stereocenters. The fourth-order valence-corrected chi connectivity index (χ4v) is 1.15. The molecule has 0 aromatic carbocycles. The Morgan fingerprint density at radius 1 is 1.77 bits per heavy atom. The monoisotopic (exact) mass is 213 g/mol. The number of rotatable bonds is 3. The molecule has 2 N–H and O–H groups in total. The first-order chi connectivity index (χ1) is 6.11. The molecule has 3 nitrogen and oxygen atoms in total. The highest BCUT2D eigenvalue weighted by molar-refractivity contribution is 7.80. The normalized spacial score (nSPS) is 12.4. The van der Waals surface area contributed by atoms with Crippen LogP contribution in [-0.4, -0.2) is 14.8 Å². The molecule has 0 aliphatic heterocycles. The van der Waals surface area contributed by atoms with E-state index < -0.39 is 0 Å². The van der Waals surface area contributed by atoms with Gasteiger partial charge in [-0.1, -0.05) is 31.4 Å². The van der Waals surface area contributed by atoms with E-state index >= 15 is 0 Å². The summed E-state index contributed by atoms with van der Waals surface area (Å²) in [5, 5.41) is 4.10. The van der Waals surface area contributed by atoms with Crippen molar-refractivity contribution in [1.82, 2.24) is 9.78 Å². The minimum atomic E-state index is 0.122. The number of hydrogen-bond acceptors (Lipinski definition) is 3. The first-order valence-corrected chi connectivity index (χ1v) is 4.74. The highest BCUT2D eigenvalue weighted by Crippen LogP contribution is 2.00. The van der Waals surface area contributed by atoms with Crippen LogP contribution in [0.5, 0.6) is 0 Å². The number of hydrogen-bond donors (Lipinski definition) is 1. The Bertz CT molecular complexity index is 358. The van der Waals surface area contributed by atoms with E-state index in [0.29, 0.717) is 16.2 Å². The second-order valence-corrected chi connectivity index (χ2v) is 3.74. The van der Waals surface area contributed by atoms with Gasteiger partial charge < -0.3 is 5.73 Å². The molecule has 1 aromatic heterocycles. The summed E-state index contributed by atoms with van der Waals surface area (Å²) in [5.74, 6) is 0.122. The van der Waals surface area contributed by atoms with Crippen LogP contribution in [0.25, 0.3) is 0 Å². The lowest BCUT2D eigenvalue weighted by molar-refractivity contribution is 0.525. The molecular formula is C8H11N3S2. The zero-order valence-corrected chi connectivity index (χ0v) is 8.94. The molecule has 0 aliphatic carbocycles. The van der Waals surface area contributed by atoms with Gasteiger partial charge in [-0.3, -0.25) is 4.68 Å². The van der Waals surface area contributed by atoms with Crippen LogP contribution in [0.2, 0.25) is 0 Å². The number of nitrogens with zero attached hydrogens (tertiary/aromatic N) is 2. The lowest BCUT2D eigenvalue weighted by Crippen LogP contribution is -2.24. The predicted molar refractivity (Wildman–Crippen MR) is 59.0 cm³/mol. The van der Waals surface area contributed by atoms with Gasteiger partial charge in [0.15, 0.2) is 0 Å². The summed E-state index contributed by atoms with van der Waals surface area (Å²) < 4.78 is 2.42. The van der Waals surface area contributed by atoms with Crippen molar-refractivity contribution >= 4 is 29.4 Å². The van der Waals surface area contributed by atoms with Crippen molar-refractivity contribution in [3.05, 3.63) is 23.0 Å². The lowest BCUT2D eigenvalue weighted by atomic mass is 10.2. The predicted octanol–water partition coefficient (Wildman–Crippen LogP) is 1.53. The van der Waals surface area contributed by atoms with Gasteiger partial charge >= 0.3 is 0 Å². The number of thiocarbonyl (C=S) groups is 1. The van der Waals surface area contributed by atoms with Gasteiger partial charge in [0.25, 0.3) is 0 Å². The van der Waals surface area contributed by atoms with Crippen LogP contribution in [0, 0.1) is 10.6 Å². The number of aromatic nitrogens is 2. The quantitative estimate of drug-likeness (QED) is 0.773. The Hall–Kier alpha value is -0.810. The Kier molecular flexibility index (Phi) is 3.50. The maximum atomic E-state index is 5.49. The minimum Gasteiger partial charge on any atom is -0.393 e. The van der Waals surface area contributed by atoms with E-state index in [0.717, 1.165) is 0 Å². The van der Waals surface area contributed by atoms with Crippen molar-refractivity contribution in [3.8, 4) is 0 Å². The van der Waals surface area contributed by atoms with E-state index in [1.54, 1.807) is 10.9 Å². The molecule has 70 valence electrons. The Morgan fingerprint density at radius 2 is 2.46 bits per heavy atom. The average Bonchev–Trinajstić information content (AvgIpc) is 2.08. The van der Waals surface area contributed by atoms with Gasteiger partial charge in [-0.2, -0.15) is 5.10 Å². The molecular weight excluding hydrogens is 202 g/mol. The molecule has 13 heavy (non-hydrogen) atoms. The van der Waals surface area contributed by atoms with Gasteiger partial charge in [0, 0.05) is 12.1 Å². The fraction of sp³-hybridized carbons (Fsp3) is 0.375. The molecule has 1 rings (SSSR count). The molecule has 0 bridgehead atoms. The maximum Gasteiger partial charge on any atom is 0.122 e. The van der Waals surface area contributed by atoms with E-state index in [4.69, 9.17) is 30.2 Å². The maximum absolute atomic E-state index is 5.49. The van der Waals surface area contributed by atoms with E-state index in [9.17, 15) is 0 Å².